The van der Waals surface area contributed by atoms with Crippen LogP contribution < -0.4 is 5.56 Å². The summed E-state index contributed by atoms with van der Waals surface area (Å²) in [6.45, 7) is 0.646. The van der Waals surface area contributed by atoms with Crippen LogP contribution in [0.25, 0.3) is 22.3 Å². The number of carbonyl (C=O) groups excluding carboxylic acids is 1. The summed E-state index contributed by atoms with van der Waals surface area (Å²) in [5, 5.41) is 1.28. The number of rotatable bonds is 0. The number of ether oxygens (including phenoxy) is 1. The number of esters is 1. The van der Waals surface area contributed by atoms with Gasteiger partial charge in [-0.1, -0.05) is 12.1 Å². The van der Waals surface area contributed by atoms with Gasteiger partial charge in [-0.15, -0.1) is 0 Å². The van der Waals surface area contributed by atoms with E-state index in [-0.39, 0.29) is 24.6 Å². The largest absolute Gasteiger partial charge is 0.460 e. The minimum absolute atomic E-state index is 0.0460. The molecule has 0 saturated carbocycles. The molecule has 0 bridgehead atoms. The second kappa shape index (κ2) is 7.00. The summed E-state index contributed by atoms with van der Waals surface area (Å²) in [5.41, 5.74) is 7.99. The van der Waals surface area contributed by atoms with Crippen LogP contribution in [0.5, 0.6) is 0 Å². The first-order valence-electron chi connectivity index (χ1n) is 9.98. The van der Waals surface area contributed by atoms with Gasteiger partial charge in [-0.3, -0.25) is 14.1 Å². The molecule has 4 heterocycles. The molecule has 160 valence electrons. The smallest absolute Gasteiger partial charge is 0.310 e. The second-order valence-corrected chi connectivity index (χ2v) is 9.54. The van der Waals surface area contributed by atoms with E-state index in [0.29, 0.717) is 18.4 Å². The van der Waals surface area contributed by atoms with Crippen molar-refractivity contribution >= 4 is 27.0 Å². The standard InChI is InChI=1S/C21H16N2O3.CH4O3S/c24-18-8-12-7-17-20-14(9-23(17)21(25)15(12)10-26-18)13-5-1-3-11-4-2-6-16(22-20)19(11)13;1-5(2,3)4/h2,4,6-7H,1,3,5,8-10H2;1H3,(H,2,3,4). The van der Waals surface area contributed by atoms with Crippen LogP contribution in [0.1, 0.15) is 34.2 Å². The molecular formula is C22H20N2O6S. The van der Waals surface area contributed by atoms with Crippen molar-refractivity contribution in [3.05, 3.63) is 62.4 Å². The molecule has 0 atom stereocenters. The molecule has 2 aromatic heterocycles. The van der Waals surface area contributed by atoms with E-state index in [2.05, 4.69) is 18.2 Å². The molecule has 0 radical (unpaired) electrons. The third-order valence-electron chi connectivity index (χ3n) is 5.95. The maximum Gasteiger partial charge on any atom is 0.310 e. The summed E-state index contributed by atoms with van der Waals surface area (Å²) in [7, 11) is -3.67. The van der Waals surface area contributed by atoms with Gasteiger partial charge in [0.25, 0.3) is 15.7 Å². The summed E-state index contributed by atoms with van der Waals surface area (Å²) in [4.78, 5) is 29.6. The molecule has 3 aromatic rings. The lowest BCUT2D eigenvalue weighted by molar-refractivity contribution is -0.145. The first kappa shape index (κ1) is 19.9. The van der Waals surface area contributed by atoms with Crippen LogP contribution in [0, 0.1) is 0 Å². The van der Waals surface area contributed by atoms with Crippen LogP contribution in [0.2, 0.25) is 0 Å². The zero-order chi connectivity index (χ0) is 21.9. The highest BCUT2D eigenvalue weighted by Gasteiger charge is 2.31. The maximum absolute atomic E-state index is 13.0. The zero-order valence-electron chi connectivity index (χ0n) is 16.8. The molecule has 2 aliphatic heterocycles. The monoisotopic (exact) mass is 440 g/mol. The average molecular weight is 440 g/mol. The van der Waals surface area contributed by atoms with Gasteiger partial charge in [-0.25, -0.2) is 4.98 Å². The molecule has 0 saturated heterocycles. The quantitative estimate of drug-likeness (QED) is 0.328. The van der Waals surface area contributed by atoms with Crippen LogP contribution in [0.4, 0.5) is 0 Å². The van der Waals surface area contributed by atoms with E-state index in [9.17, 15) is 18.0 Å². The van der Waals surface area contributed by atoms with Crippen molar-refractivity contribution in [2.24, 2.45) is 0 Å². The van der Waals surface area contributed by atoms with Crippen LogP contribution in [-0.2, 0) is 52.1 Å². The van der Waals surface area contributed by atoms with Gasteiger partial charge >= 0.3 is 5.97 Å². The molecule has 0 unspecified atom stereocenters. The summed E-state index contributed by atoms with van der Waals surface area (Å²) >= 11 is 0. The first-order chi connectivity index (χ1) is 14.7. The van der Waals surface area contributed by atoms with Crippen LogP contribution in [-0.4, -0.2) is 34.7 Å². The summed E-state index contributed by atoms with van der Waals surface area (Å²) in [6.07, 6.45) is 4.13. The number of hydrogen-bond donors (Lipinski definition) is 1. The van der Waals surface area contributed by atoms with Gasteiger partial charge in [0.05, 0.1) is 41.7 Å². The molecule has 0 fully saturated rings. The predicted octanol–water partition coefficient (Wildman–Crippen LogP) is 2.02. The van der Waals surface area contributed by atoms with Crippen molar-refractivity contribution in [1.29, 1.82) is 0 Å². The summed E-state index contributed by atoms with van der Waals surface area (Å²) < 4.78 is 32.8. The molecular weight excluding hydrogens is 420 g/mol. The Morgan fingerprint density at radius 3 is 2.65 bits per heavy atom. The first-order valence-corrected chi connectivity index (χ1v) is 11.8. The third-order valence-corrected chi connectivity index (χ3v) is 5.95. The Morgan fingerprint density at radius 2 is 1.87 bits per heavy atom. The third kappa shape index (κ3) is 3.43. The number of pyridine rings is 2. The maximum atomic E-state index is 13.0. The van der Waals surface area contributed by atoms with Crippen molar-refractivity contribution in [3.8, 4) is 11.4 Å². The fraction of sp³-hybridized carbons (Fsp3) is 0.318. The Kier molecular flexibility index (Phi) is 4.49. The highest BCUT2D eigenvalue weighted by Crippen LogP contribution is 2.39. The van der Waals surface area contributed by atoms with E-state index >= 15 is 0 Å². The van der Waals surface area contributed by atoms with Gasteiger partial charge in [0.2, 0.25) is 0 Å². The lowest BCUT2D eigenvalue weighted by Crippen LogP contribution is -2.30. The van der Waals surface area contributed by atoms with Gasteiger partial charge in [-0.05, 0) is 48.1 Å². The van der Waals surface area contributed by atoms with E-state index in [0.717, 1.165) is 41.7 Å². The number of carbonyl (C=O) groups is 1. The zero-order valence-corrected chi connectivity index (χ0v) is 17.7. The number of aryl methyl sites for hydroxylation is 2. The van der Waals surface area contributed by atoms with Crippen molar-refractivity contribution in [2.75, 3.05) is 6.26 Å². The normalized spacial score (nSPS) is 16.0. The van der Waals surface area contributed by atoms with E-state index in [1.54, 1.807) is 4.57 Å². The van der Waals surface area contributed by atoms with E-state index < -0.39 is 10.1 Å². The Hall–Kier alpha value is -3.04. The number of fused-ring (bicyclic) bond motifs is 5. The molecule has 6 rings (SSSR count). The fourth-order valence-electron chi connectivity index (χ4n) is 4.75. The average Bonchev–Trinajstić information content (AvgIpc) is 3.06. The van der Waals surface area contributed by atoms with Crippen LogP contribution >= 0.6 is 0 Å². The molecule has 1 N–H and O–H groups in total. The lowest BCUT2D eigenvalue weighted by atomic mass is 9.87. The molecule has 0 amide bonds. The molecule has 3 aliphatic rings. The highest BCUT2D eigenvalue weighted by atomic mass is 32.2. The van der Waals surface area contributed by atoms with Crippen molar-refractivity contribution in [3.63, 3.8) is 0 Å². The minimum Gasteiger partial charge on any atom is -0.460 e. The number of benzene rings is 1. The van der Waals surface area contributed by atoms with Gasteiger partial charge in [0.1, 0.15) is 6.61 Å². The van der Waals surface area contributed by atoms with Gasteiger partial charge in [0.15, 0.2) is 0 Å². The second-order valence-electron chi connectivity index (χ2n) is 8.08. The van der Waals surface area contributed by atoms with Crippen LogP contribution in [0.15, 0.2) is 29.1 Å². The van der Waals surface area contributed by atoms with Gasteiger partial charge in [0, 0.05) is 10.9 Å². The number of hydrogen-bond acceptors (Lipinski definition) is 6. The van der Waals surface area contributed by atoms with Gasteiger partial charge < -0.3 is 9.30 Å². The Bertz CT molecular complexity index is 1430. The van der Waals surface area contributed by atoms with Crippen molar-refractivity contribution < 1.29 is 22.5 Å². The van der Waals surface area contributed by atoms with E-state index in [4.69, 9.17) is 14.3 Å². The highest BCUT2D eigenvalue weighted by molar-refractivity contribution is 7.85. The Labute approximate surface area is 178 Å². The molecule has 1 aromatic carbocycles. The number of cyclic esters (lactones) is 1. The Morgan fingerprint density at radius 1 is 1.10 bits per heavy atom. The molecule has 9 heteroatoms. The van der Waals surface area contributed by atoms with Crippen molar-refractivity contribution in [1.82, 2.24) is 9.55 Å². The molecule has 0 spiro atoms. The Balaban J connectivity index is 0.000000371. The van der Waals surface area contributed by atoms with E-state index in [1.165, 1.54) is 22.1 Å². The molecule has 1 aliphatic carbocycles. The number of nitrogens with zero attached hydrogens (tertiary/aromatic N) is 2. The lowest BCUT2D eigenvalue weighted by Gasteiger charge is -2.19. The molecule has 31 heavy (non-hydrogen) atoms. The minimum atomic E-state index is -3.67. The van der Waals surface area contributed by atoms with Crippen LogP contribution in [0.3, 0.4) is 0 Å². The summed E-state index contributed by atoms with van der Waals surface area (Å²) in [5.74, 6) is -0.272. The molecule has 8 nitrogen and oxygen atoms in total. The SMILES string of the molecule is CS(=O)(=O)O.O=C1Cc2cc3n(c(=O)c2CO1)Cc1c-3nc2cccc3c2c1CCC3. The number of aromatic nitrogens is 2. The topological polar surface area (TPSA) is 116 Å². The fourth-order valence-corrected chi connectivity index (χ4v) is 4.75. The predicted molar refractivity (Wildman–Crippen MR) is 114 cm³/mol. The summed E-state index contributed by atoms with van der Waals surface area (Å²) in [6, 6.07) is 8.29. The van der Waals surface area contributed by atoms with Gasteiger partial charge in [-0.2, -0.15) is 8.42 Å². The van der Waals surface area contributed by atoms with Crippen molar-refractivity contribution in [2.45, 2.75) is 38.8 Å². The van der Waals surface area contributed by atoms with E-state index in [1.807, 2.05) is 6.07 Å².